The van der Waals surface area contributed by atoms with Gasteiger partial charge in [0.1, 0.15) is 5.65 Å². The molecule has 6 heteroatoms. The van der Waals surface area contributed by atoms with Crippen LogP contribution < -0.4 is 0 Å². The van der Waals surface area contributed by atoms with E-state index in [0.717, 1.165) is 23.3 Å². The lowest BCUT2D eigenvalue weighted by molar-refractivity contribution is -0.145. The van der Waals surface area contributed by atoms with Gasteiger partial charge in [-0.25, -0.2) is 4.98 Å². The molecule has 1 unspecified atom stereocenters. The van der Waals surface area contributed by atoms with Gasteiger partial charge in [0.25, 0.3) is 0 Å². The molecule has 2 aromatic rings. The molecule has 3 rings (SSSR count). The van der Waals surface area contributed by atoms with Gasteiger partial charge in [0.15, 0.2) is 0 Å². The lowest BCUT2D eigenvalue weighted by atomic mass is 9.98. The maximum Gasteiger partial charge on any atom is 0.308 e. The largest absolute Gasteiger partial charge is 0.481 e. The van der Waals surface area contributed by atoms with Gasteiger partial charge in [-0.3, -0.25) is 9.59 Å². The predicted octanol–water partition coefficient (Wildman–Crippen LogP) is 1.51. The average Bonchev–Trinajstić information content (AvgIpc) is 2.91. The normalized spacial score (nSPS) is 18.6. The molecule has 1 fully saturated rings. The molecule has 1 amide bonds. The lowest BCUT2D eigenvalue weighted by Gasteiger charge is -2.30. The summed E-state index contributed by atoms with van der Waals surface area (Å²) in [5.74, 6) is -1.31. The number of aromatic nitrogens is 2. The molecule has 3 heterocycles. The number of carbonyl (C=O) groups excluding carboxylic acids is 1. The van der Waals surface area contributed by atoms with Gasteiger partial charge >= 0.3 is 5.97 Å². The van der Waals surface area contributed by atoms with Crippen molar-refractivity contribution in [3.05, 3.63) is 35.8 Å². The molecular weight excluding hydrogens is 282 g/mol. The van der Waals surface area contributed by atoms with Gasteiger partial charge in [-0.1, -0.05) is 6.07 Å². The Kier molecular flexibility index (Phi) is 3.83. The number of rotatable bonds is 3. The fourth-order valence-electron chi connectivity index (χ4n) is 2.96. The van der Waals surface area contributed by atoms with Crippen LogP contribution in [0, 0.1) is 12.8 Å². The van der Waals surface area contributed by atoms with Gasteiger partial charge in [-0.2, -0.15) is 0 Å². The summed E-state index contributed by atoms with van der Waals surface area (Å²) in [6, 6.07) is 3.92. The second-order valence-electron chi connectivity index (χ2n) is 5.85. The minimum absolute atomic E-state index is 0.0491. The minimum atomic E-state index is -0.819. The molecule has 0 aliphatic carbocycles. The fourth-order valence-corrected chi connectivity index (χ4v) is 2.96. The molecule has 0 spiro atoms. The monoisotopic (exact) mass is 301 g/mol. The molecule has 1 aliphatic heterocycles. The van der Waals surface area contributed by atoms with E-state index >= 15 is 0 Å². The third-order valence-electron chi connectivity index (χ3n) is 4.18. The van der Waals surface area contributed by atoms with Crippen LogP contribution in [0.5, 0.6) is 0 Å². The summed E-state index contributed by atoms with van der Waals surface area (Å²) in [4.78, 5) is 29.6. The number of nitrogens with zero attached hydrogens (tertiary/aromatic N) is 3. The number of carboxylic acids is 1. The van der Waals surface area contributed by atoms with Gasteiger partial charge < -0.3 is 14.4 Å². The zero-order valence-electron chi connectivity index (χ0n) is 12.5. The standard InChI is InChI=1S/C16H19N3O3/c1-11-4-2-7-19-10-13(17-15(11)19)8-14(20)18-6-3-5-12(9-18)16(21)22/h2,4,7,10,12H,3,5-6,8-9H2,1H3,(H,21,22). The Hall–Kier alpha value is -2.37. The van der Waals surface area contributed by atoms with E-state index in [-0.39, 0.29) is 12.3 Å². The summed E-state index contributed by atoms with van der Waals surface area (Å²) < 4.78 is 1.91. The quantitative estimate of drug-likeness (QED) is 0.932. The van der Waals surface area contributed by atoms with Gasteiger partial charge in [0.2, 0.25) is 5.91 Å². The topological polar surface area (TPSA) is 74.9 Å². The Morgan fingerprint density at radius 3 is 3.00 bits per heavy atom. The van der Waals surface area contributed by atoms with Gasteiger partial charge in [-0.15, -0.1) is 0 Å². The molecule has 6 nitrogen and oxygen atoms in total. The number of aryl methyl sites for hydroxylation is 1. The minimum Gasteiger partial charge on any atom is -0.481 e. The SMILES string of the molecule is Cc1cccn2cc(CC(=O)N3CCCC(C(=O)O)C3)nc12. The maximum absolute atomic E-state index is 12.4. The van der Waals surface area contributed by atoms with Crippen LogP contribution in [0.3, 0.4) is 0 Å². The van der Waals surface area contributed by atoms with Crippen molar-refractivity contribution in [2.75, 3.05) is 13.1 Å². The van der Waals surface area contributed by atoms with Crippen molar-refractivity contribution in [2.24, 2.45) is 5.92 Å². The highest BCUT2D eigenvalue weighted by Crippen LogP contribution is 2.18. The summed E-state index contributed by atoms with van der Waals surface area (Å²) in [5.41, 5.74) is 2.63. The Morgan fingerprint density at radius 2 is 2.27 bits per heavy atom. The van der Waals surface area contributed by atoms with Crippen LogP contribution >= 0.6 is 0 Å². The van der Waals surface area contributed by atoms with Crippen LogP contribution in [0.25, 0.3) is 5.65 Å². The van der Waals surface area contributed by atoms with Gasteiger partial charge in [0, 0.05) is 25.5 Å². The fraction of sp³-hybridized carbons (Fsp3) is 0.438. The summed E-state index contributed by atoms with van der Waals surface area (Å²) in [6.07, 6.45) is 5.37. The zero-order chi connectivity index (χ0) is 15.7. The molecule has 0 radical (unpaired) electrons. The van der Waals surface area contributed by atoms with Crippen molar-refractivity contribution >= 4 is 17.5 Å². The summed E-state index contributed by atoms with van der Waals surface area (Å²) >= 11 is 0. The smallest absolute Gasteiger partial charge is 0.308 e. The zero-order valence-corrected chi connectivity index (χ0v) is 12.5. The number of carboxylic acid groups (broad SMARTS) is 1. The second kappa shape index (κ2) is 5.79. The number of hydrogen-bond acceptors (Lipinski definition) is 3. The predicted molar refractivity (Wildman–Crippen MR) is 80.6 cm³/mol. The molecule has 116 valence electrons. The Morgan fingerprint density at radius 1 is 1.45 bits per heavy atom. The molecule has 0 saturated carbocycles. The number of piperidine rings is 1. The molecule has 1 aliphatic rings. The summed E-state index contributed by atoms with van der Waals surface area (Å²) in [6.45, 7) is 2.92. The highest BCUT2D eigenvalue weighted by molar-refractivity contribution is 5.80. The summed E-state index contributed by atoms with van der Waals surface area (Å²) in [5, 5.41) is 9.10. The van der Waals surface area contributed by atoms with Crippen LogP contribution in [0.4, 0.5) is 0 Å². The molecular formula is C16H19N3O3. The molecule has 0 bridgehead atoms. The van der Waals surface area contributed by atoms with Crippen LogP contribution in [-0.2, 0) is 16.0 Å². The van der Waals surface area contributed by atoms with Crippen LogP contribution in [0.2, 0.25) is 0 Å². The van der Waals surface area contributed by atoms with E-state index in [2.05, 4.69) is 4.98 Å². The number of likely N-dealkylation sites (tertiary alicyclic amines) is 1. The van der Waals surface area contributed by atoms with E-state index in [4.69, 9.17) is 5.11 Å². The van der Waals surface area contributed by atoms with Crippen molar-refractivity contribution in [3.8, 4) is 0 Å². The van der Waals surface area contributed by atoms with E-state index in [0.29, 0.717) is 19.5 Å². The van der Waals surface area contributed by atoms with Crippen molar-refractivity contribution in [3.63, 3.8) is 0 Å². The van der Waals surface area contributed by atoms with Crippen molar-refractivity contribution < 1.29 is 14.7 Å². The number of aliphatic carboxylic acids is 1. The van der Waals surface area contributed by atoms with Crippen LogP contribution in [0.1, 0.15) is 24.1 Å². The maximum atomic E-state index is 12.4. The number of imidazole rings is 1. The molecule has 2 aromatic heterocycles. The molecule has 22 heavy (non-hydrogen) atoms. The third kappa shape index (κ3) is 2.81. The highest BCUT2D eigenvalue weighted by atomic mass is 16.4. The lowest BCUT2D eigenvalue weighted by Crippen LogP contribution is -2.43. The van der Waals surface area contributed by atoms with Gasteiger partial charge in [-0.05, 0) is 31.4 Å². The first kappa shape index (κ1) is 14.6. The van der Waals surface area contributed by atoms with E-state index in [1.807, 2.05) is 35.9 Å². The molecule has 0 aromatic carbocycles. The third-order valence-corrected chi connectivity index (χ3v) is 4.18. The van der Waals surface area contributed by atoms with Crippen molar-refractivity contribution in [2.45, 2.75) is 26.2 Å². The van der Waals surface area contributed by atoms with E-state index in [1.54, 1.807) is 4.90 Å². The first-order valence-corrected chi connectivity index (χ1v) is 7.48. The summed E-state index contributed by atoms with van der Waals surface area (Å²) in [7, 11) is 0. The number of pyridine rings is 1. The van der Waals surface area contributed by atoms with Crippen molar-refractivity contribution in [1.29, 1.82) is 0 Å². The Bertz CT molecular complexity index is 722. The molecule has 1 atom stereocenters. The second-order valence-corrected chi connectivity index (χ2v) is 5.85. The Labute approximate surface area is 128 Å². The highest BCUT2D eigenvalue weighted by Gasteiger charge is 2.28. The Balaban J connectivity index is 1.72. The first-order valence-electron chi connectivity index (χ1n) is 7.48. The number of fused-ring (bicyclic) bond motifs is 1. The van der Waals surface area contributed by atoms with Crippen LogP contribution in [-0.4, -0.2) is 44.4 Å². The van der Waals surface area contributed by atoms with E-state index < -0.39 is 11.9 Å². The number of carbonyl (C=O) groups is 2. The molecule has 1 saturated heterocycles. The van der Waals surface area contributed by atoms with Gasteiger partial charge in [0.05, 0.1) is 18.0 Å². The number of hydrogen-bond donors (Lipinski definition) is 1. The van der Waals surface area contributed by atoms with E-state index in [9.17, 15) is 9.59 Å². The molecule has 1 N–H and O–H groups in total. The van der Waals surface area contributed by atoms with Crippen molar-refractivity contribution in [1.82, 2.24) is 14.3 Å². The van der Waals surface area contributed by atoms with E-state index in [1.165, 1.54) is 0 Å². The first-order chi connectivity index (χ1) is 10.5. The average molecular weight is 301 g/mol. The van der Waals surface area contributed by atoms with Crippen LogP contribution in [0.15, 0.2) is 24.5 Å². The number of amides is 1.